The molecule has 0 heterocycles. The number of Topliss-reactive ketones (excluding diaryl/α,β-unsaturated/α-hetero) is 1. The molecule has 0 spiro atoms. The topological polar surface area (TPSA) is 34.1 Å². The highest BCUT2D eigenvalue weighted by molar-refractivity contribution is 5.89. The minimum Gasteiger partial charge on any atom is -0.303 e. The van der Waals surface area contributed by atoms with Crippen LogP contribution in [0.15, 0.2) is 0 Å². The molecule has 0 aliphatic carbocycles. The van der Waals surface area contributed by atoms with Gasteiger partial charge >= 0.3 is 0 Å². The van der Waals surface area contributed by atoms with Crippen molar-refractivity contribution in [2.24, 2.45) is 0 Å². The molecule has 0 aromatic carbocycles. The highest BCUT2D eigenvalue weighted by atomic mass is 16.1. The third-order valence-electron chi connectivity index (χ3n) is 1.12. The Morgan fingerprint density at radius 2 is 2.22 bits per heavy atom. The molecule has 0 atom stereocenters. The predicted molar refractivity (Wildman–Crippen MR) is 35.2 cm³/mol. The van der Waals surface area contributed by atoms with E-state index >= 15 is 0 Å². The molecule has 0 aliphatic heterocycles. The van der Waals surface area contributed by atoms with Crippen LogP contribution in [0, 0.1) is 0 Å². The fraction of sp³-hybridized carbons (Fsp3) is 0.714. The van der Waals surface area contributed by atoms with Crippen molar-refractivity contribution < 1.29 is 9.59 Å². The van der Waals surface area contributed by atoms with Gasteiger partial charge in [0.25, 0.3) is 0 Å². The SMILES string of the molecule is CCCCC(=O)CC=O. The molecule has 0 rings (SSSR count). The number of rotatable bonds is 5. The Kier molecular flexibility index (Phi) is 5.07. The second-order valence-corrected chi connectivity index (χ2v) is 2.01. The van der Waals surface area contributed by atoms with E-state index in [4.69, 9.17) is 0 Å². The number of hydrogen-bond acceptors (Lipinski definition) is 2. The molecule has 0 fully saturated rings. The maximum Gasteiger partial charge on any atom is 0.139 e. The lowest BCUT2D eigenvalue weighted by atomic mass is 10.1. The Balaban J connectivity index is 3.16. The first-order valence-corrected chi connectivity index (χ1v) is 3.26. The Hall–Kier alpha value is -0.660. The zero-order valence-electron chi connectivity index (χ0n) is 5.72. The molecular weight excluding hydrogens is 116 g/mol. The molecule has 2 nitrogen and oxygen atoms in total. The van der Waals surface area contributed by atoms with Crippen LogP contribution in [0.25, 0.3) is 0 Å². The first-order valence-electron chi connectivity index (χ1n) is 3.26. The summed E-state index contributed by atoms with van der Waals surface area (Å²) in [5.74, 6) is 0.0619. The molecular formula is C7H12O2. The maximum atomic E-state index is 10.6. The summed E-state index contributed by atoms with van der Waals surface area (Å²) in [5, 5.41) is 0. The van der Waals surface area contributed by atoms with Crippen LogP contribution in [0.3, 0.4) is 0 Å². The molecule has 0 aromatic rings. The van der Waals surface area contributed by atoms with E-state index in [2.05, 4.69) is 0 Å². The molecule has 52 valence electrons. The Labute approximate surface area is 55.3 Å². The minimum atomic E-state index is 0.0619. The fourth-order valence-electron chi connectivity index (χ4n) is 0.569. The third-order valence-corrected chi connectivity index (χ3v) is 1.12. The van der Waals surface area contributed by atoms with E-state index in [-0.39, 0.29) is 12.2 Å². The standard InChI is InChI=1S/C7H12O2/c1-2-3-4-7(9)5-6-8/h6H,2-5H2,1H3. The summed E-state index contributed by atoms with van der Waals surface area (Å²) in [5.41, 5.74) is 0. The average molecular weight is 128 g/mol. The Morgan fingerprint density at radius 1 is 1.56 bits per heavy atom. The molecule has 0 bridgehead atoms. The van der Waals surface area contributed by atoms with Crippen molar-refractivity contribution in [2.45, 2.75) is 32.6 Å². The highest BCUT2D eigenvalue weighted by Gasteiger charge is 1.97. The van der Waals surface area contributed by atoms with Gasteiger partial charge in [0, 0.05) is 6.42 Å². The van der Waals surface area contributed by atoms with Crippen LogP contribution in [0.1, 0.15) is 32.6 Å². The van der Waals surface area contributed by atoms with Crippen molar-refractivity contribution in [3.05, 3.63) is 0 Å². The van der Waals surface area contributed by atoms with Gasteiger partial charge in [-0.05, 0) is 6.42 Å². The zero-order chi connectivity index (χ0) is 7.11. The van der Waals surface area contributed by atoms with E-state index in [1.807, 2.05) is 6.92 Å². The summed E-state index contributed by atoms with van der Waals surface area (Å²) >= 11 is 0. The lowest BCUT2D eigenvalue weighted by Gasteiger charge is -1.90. The Morgan fingerprint density at radius 3 is 2.67 bits per heavy atom. The number of carbonyl (C=O) groups is 2. The van der Waals surface area contributed by atoms with Crippen LogP contribution in [0.4, 0.5) is 0 Å². The van der Waals surface area contributed by atoms with Gasteiger partial charge in [0.1, 0.15) is 12.1 Å². The number of ketones is 1. The van der Waals surface area contributed by atoms with E-state index in [9.17, 15) is 9.59 Å². The van der Waals surface area contributed by atoms with E-state index in [0.717, 1.165) is 12.8 Å². The van der Waals surface area contributed by atoms with E-state index in [1.165, 1.54) is 0 Å². The van der Waals surface area contributed by atoms with Crippen molar-refractivity contribution in [3.63, 3.8) is 0 Å². The monoisotopic (exact) mass is 128 g/mol. The lowest BCUT2D eigenvalue weighted by Crippen LogP contribution is -1.96. The molecule has 0 N–H and O–H groups in total. The van der Waals surface area contributed by atoms with Crippen LogP contribution in [0.5, 0.6) is 0 Å². The number of aldehydes is 1. The van der Waals surface area contributed by atoms with Gasteiger partial charge in [-0.15, -0.1) is 0 Å². The molecule has 0 aromatic heterocycles. The van der Waals surface area contributed by atoms with Gasteiger partial charge in [-0.1, -0.05) is 13.3 Å². The summed E-state index contributed by atoms with van der Waals surface area (Å²) in [6.45, 7) is 2.02. The van der Waals surface area contributed by atoms with E-state index < -0.39 is 0 Å². The number of hydrogen-bond donors (Lipinski definition) is 0. The summed E-state index contributed by atoms with van der Waals surface area (Å²) in [7, 11) is 0. The van der Waals surface area contributed by atoms with Crippen LogP contribution >= 0.6 is 0 Å². The smallest absolute Gasteiger partial charge is 0.139 e. The van der Waals surface area contributed by atoms with Crippen LogP contribution in [0.2, 0.25) is 0 Å². The molecule has 0 saturated carbocycles. The van der Waals surface area contributed by atoms with Crippen LogP contribution in [-0.2, 0) is 9.59 Å². The minimum absolute atomic E-state index is 0.0619. The summed E-state index contributed by atoms with van der Waals surface area (Å²) < 4.78 is 0. The zero-order valence-corrected chi connectivity index (χ0v) is 5.72. The molecule has 9 heavy (non-hydrogen) atoms. The summed E-state index contributed by atoms with van der Waals surface area (Å²) in [6.07, 6.45) is 3.25. The van der Waals surface area contributed by atoms with Gasteiger partial charge < -0.3 is 4.79 Å². The summed E-state index contributed by atoms with van der Waals surface area (Å²) in [6, 6.07) is 0. The fourth-order valence-corrected chi connectivity index (χ4v) is 0.569. The Bertz CT molecular complexity index is 97.1. The highest BCUT2D eigenvalue weighted by Crippen LogP contribution is 1.96. The molecule has 0 radical (unpaired) electrons. The third kappa shape index (κ3) is 5.21. The largest absolute Gasteiger partial charge is 0.303 e. The van der Waals surface area contributed by atoms with Crippen molar-refractivity contribution in [1.82, 2.24) is 0 Å². The molecule has 0 saturated heterocycles. The number of unbranched alkanes of at least 4 members (excludes halogenated alkanes) is 1. The van der Waals surface area contributed by atoms with Gasteiger partial charge in [-0.2, -0.15) is 0 Å². The van der Waals surface area contributed by atoms with Gasteiger partial charge in [0.2, 0.25) is 0 Å². The van der Waals surface area contributed by atoms with Gasteiger partial charge in [0.05, 0.1) is 6.42 Å². The summed E-state index contributed by atoms with van der Waals surface area (Å²) in [4.78, 5) is 20.3. The van der Waals surface area contributed by atoms with Gasteiger partial charge in [-0.25, -0.2) is 0 Å². The normalized spacial score (nSPS) is 9.00. The van der Waals surface area contributed by atoms with Gasteiger partial charge in [0.15, 0.2) is 0 Å². The van der Waals surface area contributed by atoms with Crippen molar-refractivity contribution in [1.29, 1.82) is 0 Å². The van der Waals surface area contributed by atoms with Crippen LogP contribution < -0.4 is 0 Å². The van der Waals surface area contributed by atoms with E-state index in [1.54, 1.807) is 0 Å². The van der Waals surface area contributed by atoms with Crippen molar-refractivity contribution in [2.75, 3.05) is 0 Å². The first-order chi connectivity index (χ1) is 4.31. The van der Waals surface area contributed by atoms with E-state index in [0.29, 0.717) is 12.7 Å². The van der Waals surface area contributed by atoms with Crippen molar-refractivity contribution in [3.8, 4) is 0 Å². The lowest BCUT2D eigenvalue weighted by molar-refractivity contribution is -0.122. The van der Waals surface area contributed by atoms with Crippen LogP contribution in [-0.4, -0.2) is 12.1 Å². The average Bonchev–Trinajstić information content (AvgIpc) is 1.85. The molecule has 0 aliphatic rings. The maximum absolute atomic E-state index is 10.6. The van der Waals surface area contributed by atoms with Crippen molar-refractivity contribution >= 4 is 12.1 Å². The number of carbonyl (C=O) groups excluding carboxylic acids is 2. The molecule has 0 unspecified atom stereocenters. The predicted octanol–water partition coefficient (Wildman–Crippen LogP) is 1.33. The van der Waals surface area contributed by atoms with Gasteiger partial charge in [-0.3, -0.25) is 4.79 Å². The first kappa shape index (κ1) is 8.34. The molecule has 0 amide bonds. The second kappa shape index (κ2) is 5.48. The molecule has 2 heteroatoms. The quantitative estimate of drug-likeness (QED) is 0.413. The second-order valence-electron chi connectivity index (χ2n) is 2.01.